The van der Waals surface area contributed by atoms with Crippen LogP contribution < -0.4 is 4.74 Å². The number of aromatic nitrogens is 1. The quantitative estimate of drug-likeness (QED) is 0.573. The number of para-hydroxylation sites is 2. The van der Waals surface area contributed by atoms with Crippen LogP contribution >= 0.6 is 23.1 Å². The highest BCUT2D eigenvalue weighted by molar-refractivity contribution is 7.98. The van der Waals surface area contributed by atoms with Gasteiger partial charge in [-0.2, -0.15) is 0 Å². The van der Waals surface area contributed by atoms with Crippen molar-refractivity contribution < 1.29 is 4.74 Å². The zero-order chi connectivity index (χ0) is 17.9. The molecular weight excluding hydrogens is 360 g/mol. The maximum absolute atomic E-state index is 6.53. The van der Waals surface area contributed by atoms with Crippen LogP contribution in [-0.2, 0) is 6.42 Å². The Kier molecular flexibility index (Phi) is 5.48. The van der Waals surface area contributed by atoms with E-state index >= 15 is 0 Å². The van der Waals surface area contributed by atoms with Crippen molar-refractivity contribution in [2.75, 3.05) is 26.4 Å². The standard InChI is InChI=1S/C21H24N2OS2/c1-23-12-10-16(11-13-23)24-21-15(6-5-9-19(21)25-2)14-20-22-17-7-3-4-8-18(17)26-20/h3-9,16H,10-14H2,1-2H3. The second-order valence-electron chi connectivity index (χ2n) is 6.82. The predicted octanol–water partition coefficient (Wildman–Crippen LogP) is 5.08. The summed E-state index contributed by atoms with van der Waals surface area (Å²) in [6.45, 7) is 2.22. The second-order valence-corrected chi connectivity index (χ2v) is 8.78. The van der Waals surface area contributed by atoms with Gasteiger partial charge in [0.25, 0.3) is 0 Å². The topological polar surface area (TPSA) is 25.4 Å². The molecule has 0 radical (unpaired) electrons. The molecule has 0 aliphatic carbocycles. The fourth-order valence-corrected chi connectivity index (χ4v) is 4.99. The van der Waals surface area contributed by atoms with E-state index in [1.807, 2.05) is 0 Å². The van der Waals surface area contributed by atoms with E-state index in [0.717, 1.165) is 48.6 Å². The molecule has 0 unspecified atom stereocenters. The largest absolute Gasteiger partial charge is 0.489 e. The normalized spacial score (nSPS) is 16.2. The van der Waals surface area contributed by atoms with Gasteiger partial charge in [-0.1, -0.05) is 24.3 Å². The first kappa shape index (κ1) is 17.8. The number of piperidine rings is 1. The van der Waals surface area contributed by atoms with Crippen molar-refractivity contribution in [2.24, 2.45) is 0 Å². The second kappa shape index (κ2) is 7.99. The van der Waals surface area contributed by atoms with Crippen LogP contribution in [0, 0.1) is 0 Å². The number of hydrogen-bond acceptors (Lipinski definition) is 5. The summed E-state index contributed by atoms with van der Waals surface area (Å²) >= 11 is 3.54. The van der Waals surface area contributed by atoms with Crippen molar-refractivity contribution in [3.63, 3.8) is 0 Å². The molecule has 2 aromatic carbocycles. The van der Waals surface area contributed by atoms with Crippen molar-refractivity contribution in [3.05, 3.63) is 53.0 Å². The lowest BCUT2D eigenvalue weighted by atomic mass is 10.1. The van der Waals surface area contributed by atoms with Gasteiger partial charge in [-0.25, -0.2) is 4.98 Å². The molecule has 0 N–H and O–H groups in total. The third-order valence-corrected chi connectivity index (χ3v) is 6.71. The lowest BCUT2D eigenvalue weighted by Crippen LogP contribution is -2.35. The van der Waals surface area contributed by atoms with Gasteiger partial charge in [0, 0.05) is 30.0 Å². The Hall–Kier alpha value is -1.56. The molecule has 0 bridgehead atoms. The number of fused-ring (bicyclic) bond motifs is 1. The van der Waals surface area contributed by atoms with E-state index < -0.39 is 0 Å². The fraction of sp³-hybridized carbons (Fsp3) is 0.381. The molecular formula is C21H24N2OS2. The zero-order valence-electron chi connectivity index (χ0n) is 15.3. The Bertz CT molecular complexity index is 852. The number of rotatable bonds is 5. The molecule has 136 valence electrons. The molecule has 4 rings (SSSR count). The number of benzene rings is 2. The highest BCUT2D eigenvalue weighted by Crippen LogP contribution is 2.35. The third kappa shape index (κ3) is 3.90. The first-order valence-corrected chi connectivity index (χ1v) is 11.1. The minimum Gasteiger partial charge on any atom is -0.489 e. The van der Waals surface area contributed by atoms with E-state index in [-0.39, 0.29) is 0 Å². The molecule has 0 atom stereocenters. The molecule has 0 amide bonds. The summed E-state index contributed by atoms with van der Waals surface area (Å²) in [5, 5.41) is 1.15. The Labute approximate surface area is 163 Å². The number of nitrogens with zero attached hydrogens (tertiary/aromatic N) is 2. The molecule has 26 heavy (non-hydrogen) atoms. The van der Waals surface area contributed by atoms with Crippen molar-refractivity contribution in [1.82, 2.24) is 9.88 Å². The smallest absolute Gasteiger partial charge is 0.136 e. The van der Waals surface area contributed by atoms with Gasteiger partial charge in [0.15, 0.2) is 0 Å². The molecule has 0 saturated carbocycles. The molecule has 1 aliphatic heterocycles. The number of likely N-dealkylation sites (tertiary alicyclic amines) is 1. The van der Waals surface area contributed by atoms with Crippen LogP contribution in [-0.4, -0.2) is 42.4 Å². The summed E-state index contributed by atoms with van der Waals surface area (Å²) in [4.78, 5) is 8.41. The minimum atomic E-state index is 0.314. The molecule has 3 aromatic rings. The zero-order valence-corrected chi connectivity index (χ0v) is 16.9. The molecule has 1 saturated heterocycles. The first-order valence-electron chi connectivity index (χ1n) is 9.08. The molecule has 1 fully saturated rings. The lowest BCUT2D eigenvalue weighted by molar-refractivity contribution is 0.111. The van der Waals surface area contributed by atoms with E-state index in [0.29, 0.717) is 6.10 Å². The number of ether oxygens (including phenoxy) is 1. The van der Waals surface area contributed by atoms with Crippen molar-refractivity contribution in [2.45, 2.75) is 30.3 Å². The predicted molar refractivity (Wildman–Crippen MR) is 112 cm³/mol. The molecule has 2 heterocycles. The summed E-state index contributed by atoms with van der Waals surface area (Å²) in [5.41, 5.74) is 2.33. The molecule has 5 heteroatoms. The average Bonchev–Trinajstić information content (AvgIpc) is 3.07. The van der Waals surface area contributed by atoms with Crippen molar-refractivity contribution in [3.8, 4) is 5.75 Å². The van der Waals surface area contributed by atoms with E-state index in [2.05, 4.69) is 60.7 Å². The monoisotopic (exact) mass is 384 g/mol. The molecule has 3 nitrogen and oxygen atoms in total. The van der Waals surface area contributed by atoms with Gasteiger partial charge >= 0.3 is 0 Å². The molecule has 1 aliphatic rings. The summed E-state index contributed by atoms with van der Waals surface area (Å²) in [6, 6.07) is 14.8. The summed E-state index contributed by atoms with van der Waals surface area (Å²) in [6.07, 6.45) is 5.46. The van der Waals surface area contributed by atoms with Crippen LogP contribution in [0.4, 0.5) is 0 Å². The number of thioether (sulfide) groups is 1. The van der Waals surface area contributed by atoms with E-state index in [1.54, 1.807) is 23.1 Å². The number of hydrogen-bond donors (Lipinski definition) is 0. The SMILES string of the molecule is CSc1cccc(Cc2nc3ccccc3s2)c1OC1CCN(C)CC1. The Morgan fingerprint density at radius 1 is 1.15 bits per heavy atom. The average molecular weight is 385 g/mol. The Morgan fingerprint density at radius 3 is 2.73 bits per heavy atom. The fourth-order valence-electron chi connectivity index (χ4n) is 3.42. The Morgan fingerprint density at radius 2 is 1.96 bits per heavy atom. The summed E-state index contributed by atoms with van der Waals surface area (Å²) in [7, 11) is 2.19. The molecule has 1 aromatic heterocycles. The summed E-state index contributed by atoms with van der Waals surface area (Å²) in [5.74, 6) is 1.06. The highest BCUT2D eigenvalue weighted by Gasteiger charge is 2.21. The van der Waals surface area contributed by atoms with Gasteiger partial charge in [0.1, 0.15) is 11.9 Å². The van der Waals surface area contributed by atoms with Crippen molar-refractivity contribution in [1.29, 1.82) is 0 Å². The van der Waals surface area contributed by atoms with Crippen LogP contribution in [0.1, 0.15) is 23.4 Å². The van der Waals surface area contributed by atoms with Crippen LogP contribution in [0.2, 0.25) is 0 Å². The Balaban J connectivity index is 1.60. The number of thiazole rings is 1. The van der Waals surface area contributed by atoms with Crippen LogP contribution in [0.25, 0.3) is 10.2 Å². The first-order chi connectivity index (χ1) is 12.7. The van der Waals surface area contributed by atoms with Gasteiger partial charge < -0.3 is 9.64 Å². The lowest BCUT2D eigenvalue weighted by Gasteiger charge is -2.30. The maximum Gasteiger partial charge on any atom is 0.136 e. The maximum atomic E-state index is 6.53. The summed E-state index contributed by atoms with van der Waals surface area (Å²) < 4.78 is 7.78. The van der Waals surface area contributed by atoms with Gasteiger partial charge in [0.05, 0.1) is 15.2 Å². The van der Waals surface area contributed by atoms with E-state index in [9.17, 15) is 0 Å². The van der Waals surface area contributed by atoms with Gasteiger partial charge in [-0.15, -0.1) is 23.1 Å². The minimum absolute atomic E-state index is 0.314. The highest BCUT2D eigenvalue weighted by atomic mass is 32.2. The third-order valence-electron chi connectivity index (χ3n) is 4.91. The van der Waals surface area contributed by atoms with Gasteiger partial charge in [-0.3, -0.25) is 0 Å². The van der Waals surface area contributed by atoms with Crippen LogP contribution in [0.15, 0.2) is 47.4 Å². The van der Waals surface area contributed by atoms with Crippen LogP contribution in [0.5, 0.6) is 5.75 Å². The van der Waals surface area contributed by atoms with E-state index in [4.69, 9.17) is 9.72 Å². The van der Waals surface area contributed by atoms with Gasteiger partial charge in [0.2, 0.25) is 0 Å². The van der Waals surface area contributed by atoms with Crippen molar-refractivity contribution >= 4 is 33.3 Å². The van der Waals surface area contributed by atoms with E-state index in [1.165, 1.54) is 15.2 Å². The van der Waals surface area contributed by atoms with Crippen LogP contribution in [0.3, 0.4) is 0 Å². The van der Waals surface area contributed by atoms with Gasteiger partial charge in [-0.05, 0) is 44.3 Å². The molecule has 0 spiro atoms.